The van der Waals surface area contributed by atoms with Crippen molar-refractivity contribution in [3.05, 3.63) is 61.3 Å². The van der Waals surface area contributed by atoms with Crippen LogP contribution < -0.4 is 10.3 Å². The fraction of sp³-hybridized carbons (Fsp3) is 0.133. The summed E-state index contributed by atoms with van der Waals surface area (Å²) < 4.78 is 6.40. The summed E-state index contributed by atoms with van der Waals surface area (Å²) in [5, 5.41) is 14.2. The van der Waals surface area contributed by atoms with Crippen LogP contribution in [0.25, 0.3) is 17.9 Å². The van der Waals surface area contributed by atoms with Crippen LogP contribution in [-0.2, 0) is 0 Å². The van der Waals surface area contributed by atoms with Crippen LogP contribution in [-0.4, -0.2) is 31.1 Å². The van der Waals surface area contributed by atoms with Gasteiger partial charge in [0.1, 0.15) is 12.1 Å². The van der Waals surface area contributed by atoms with Crippen molar-refractivity contribution in [1.82, 2.24) is 19.6 Å². The number of ether oxygens (including phenoxy) is 1. The second-order valence-corrected chi connectivity index (χ2v) is 5.32. The zero-order chi connectivity index (χ0) is 18.0. The number of benzene rings is 1. The van der Waals surface area contributed by atoms with Crippen molar-refractivity contribution in [2.24, 2.45) is 0 Å². The van der Waals surface area contributed by atoms with E-state index < -0.39 is 16.2 Å². The summed E-state index contributed by atoms with van der Waals surface area (Å²) in [6.45, 7) is 2.28. The van der Waals surface area contributed by atoms with Crippen LogP contribution in [0.1, 0.15) is 18.2 Å². The number of H-pyrrole nitrogens is 1. The molecule has 10 heteroatoms. The van der Waals surface area contributed by atoms with Crippen LogP contribution in [0, 0.1) is 10.1 Å². The fourth-order valence-electron chi connectivity index (χ4n) is 2.26. The third kappa shape index (κ3) is 3.22. The van der Waals surface area contributed by atoms with Gasteiger partial charge in [-0.15, -0.1) is 0 Å². The Morgan fingerprint density at radius 3 is 2.96 bits per heavy atom. The SMILES string of the molecule is CCOc1ccc(Cl)cc1/C=C\c1nc2nc[nH]n2c(=O)c1[N+](=O)[O-]. The molecule has 0 radical (unpaired) electrons. The highest BCUT2D eigenvalue weighted by Crippen LogP contribution is 2.25. The lowest BCUT2D eigenvalue weighted by molar-refractivity contribution is -0.386. The van der Waals surface area contributed by atoms with Crippen LogP contribution in [0.3, 0.4) is 0 Å². The summed E-state index contributed by atoms with van der Waals surface area (Å²) in [6.07, 6.45) is 4.14. The molecule has 0 spiro atoms. The van der Waals surface area contributed by atoms with Crippen molar-refractivity contribution in [1.29, 1.82) is 0 Å². The van der Waals surface area contributed by atoms with Gasteiger partial charge in [0.2, 0.25) is 0 Å². The predicted molar refractivity (Wildman–Crippen MR) is 91.8 cm³/mol. The second-order valence-electron chi connectivity index (χ2n) is 4.88. The average Bonchev–Trinajstić information content (AvgIpc) is 3.03. The first-order valence-electron chi connectivity index (χ1n) is 7.22. The number of nitrogens with one attached hydrogen (secondary N) is 1. The number of nitro groups is 1. The number of aromatic amines is 1. The van der Waals surface area contributed by atoms with Crippen molar-refractivity contribution >= 4 is 35.2 Å². The zero-order valence-electron chi connectivity index (χ0n) is 13.0. The minimum absolute atomic E-state index is 0.0337. The van der Waals surface area contributed by atoms with E-state index in [9.17, 15) is 14.9 Å². The van der Waals surface area contributed by atoms with Gasteiger partial charge in [0, 0.05) is 10.6 Å². The lowest BCUT2D eigenvalue weighted by atomic mass is 10.1. The highest BCUT2D eigenvalue weighted by atomic mass is 35.5. The number of hydrogen-bond acceptors (Lipinski definition) is 6. The monoisotopic (exact) mass is 361 g/mol. The normalized spacial score (nSPS) is 11.3. The first-order valence-corrected chi connectivity index (χ1v) is 7.60. The van der Waals surface area contributed by atoms with Gasteiger partial charge in [-0.2, -0.15) is 4.52 Å². The molecule has 1 aromatic carbocycles. The molecule has 25 heavy (non-hydrogen) atoms. The highest BCUT2D eigenvalue weighted by Gasteiger charge is 2.22. The van der Waals surface area contributed by atoms with Crippen molar-refractivity contribution in [3.8, 4) is 5.75 Å². The van der Waals surface area contributed by atoms with Crippen LogP contribution in [0.5, 0.6) is 5.75 Å². The van der Waals surface area contributed by atoms with Gasteiger partial charge in [0.05, 0.1) is 11.5 Å². The minimum atomic E-state index is -0.844. The summed E-state index contributed by atoms with van der Waals surface area (Å²) >= 11 is 5.99. The largest absolute Gasteiger partial charge is 0.493 e. The molecule has 2 aromatic heterocycles. The molecule has 0 saturated carbocycles. The summed E-state index contributed by atoms with van der Waals surface area (Å²) in [5.41, 5.74) is -1.00. The Labute approximate surface area is 145 Å². The Morgan fingerprint density at radius 1 is 1.44 bits per heavy atom. The number of rotatable bonds is 5. The van der Waals surface area contributed by atoms with Gasteiger partial charge in [-0.25, -0.2) is 9.97 Å². The molecule has 0 bridgehead atoms. The molecule has 1 N–H and O–H groups in total. The van der Waals surface area contributed by atoms with Crippen molar-refractivity contribution in [2.75, 3.05) is 6.61 Å². The van der Waals surface area contributed by atoms with Gasteiger partial charge in [-0.1, -0.05) is 11.6 Å². The molecule has 9 nitrogen and oxygen atoms in total. The molecule has 0 amide bonds. The number of aromatic nitrogens is 4. The Balaban J connectivity index is 2.13. The number of hydrogen-bond donors (Lipinski definition) is 1. The van der Waals surface area contributed by atoms with E-state index in [0.29, 0.717) is 22.9 Å². The average molecular weight is 362 g/mol. The summed E-state index contributed by atoms with van der Waals surface area (Å²) in [6, 6.07) is 5.01. The van der Waals surface area contributed by atoms with Crippen LogP contribution in [0.2, 0.25) is 5.02 Å². The van der Waals surface area contributed by atoms with Gasteiger partial charge in [0.25, 0.3) is 5.78 Å². The molecule has 0 atom stereocenters. The van der Waals surface area contributed by atoms with Crippen molar-refractivity contribution in [2.45, 2.75) is 6.92 Å². The number of halogens is 1. The molecule has 0 fully saturated rings. The highest BCUT2D eigenvalue weighted by molar-refractivity contribution is 6.30. The van der Waals surface area contributed by atoms with E-state index in [-0.39, 0.29) is 11.5 Å². The lowest BCUT2D eigenvalue weighted by Crippen LogP contribution is -2.20. The lowest BCUT2D eigenvalue weighted by Gasteiger charge is -2.07. The summed E-state index contributed by atoms with van der Waals surface area (Å²) in [5.74, 6) is 0.592. The maximum absolute atomic E-state index is 12.2. The van der Waals surface area contributed by atoms with Gasteiger partial charge in [-0.3, -0.25) is 20.0 Å². The van der Waals surface area contributed by atoms with Gasteiger partial charge in [0.15, 0.2) is 5.69 Å². The molecule has 0 aliphatic carbocycles. The molecule has 0 unspecified atom stereocenters. The third-order valence-electron chi connectivity index (χ3n) is 3.31. The minimum Gasteiger partial charge on any atom is -0.493 e. The Morgan fingerprint density at radius 2 is 2.24 bits per heavy atom. The van der Waals surface area contributed by atoms with Gasteiger partial charge < -0.3 is 4.74 Å². The van der Waals surface area contributed by atoms with E-state index in [0.717, 1.165) is 4.52 Å². The maximum atomic E-state index is 12.2. The van der Waals surface area contributed by atoms with E-state index in [1.54, 1.807) is 24.3 Å². The van der Waals surface area contributed by atoms with E-state index >= 15 is 0 Å². The van der Waals surface area contributed by atoms with E-state index in [4.69, 9.17) is 16.3 Å². The van der Waals surface area contributed by atoms with Crippen molar-refractivity contribution in [3.63, 3.8) is 0 Å². The van der Waals surface area contributed by atoms with Gasteiger partial charge in [-0.05, 0) is 37.3 Å². The first kappa shape index (κ1) is 16.7. The summed E-state index contributed by atoms with van der Waals surface area (Å²) in [7, 11) is 0. The molecular weight excluding hydrogens is 350 g/mol. The Hall–Kier alpha value is -3.20. The molecule has 0 saturated heterocycles. The number of nitrogens with zero attached hydrogens (tertiary/aromatic N) is 4. The van der Waals surface area contributed by atoms with Crippen LogP contribution >= 0.6 is 11.6 Å². The maximum Gasteiger partial charge on any atom is 0.361 e. The quantitative estimate of drug-likeness (QED) is 0.551. The van der Waals surface area contributed by atoms with Crippen molar-refractivity contribution < 1.29 is 9.66 Å². The Kier molecular flexibility index (Phi) is 4.48. The number of fused-ring (bicyclic) bond motifs is 1. The molecule has 0 aliphatic heterocycles. The molecule has 3 aromatic rings. The second kappa shape index (κ2) is 6.73. The molecule has 3 rings (SSSR count). The Bertz CT molecular complexity index is 1040. The van der Waals surface area contributed by atoms with E-state index in [2.05, 4.69) is 15.1 Å². The molecule has 0 aliphatic rings. The zero-order valence-corrected chi connectivity index (χ0v) is 13.7. The summed E-state index contributed by atoms with van der Waals surface area (Å²) in [4.78, 5) is 30.6. The topological polar surface area (TPSA) is 115 Å². The third-order valence-corrected chi connectivity index (χ3v) is 3.55. The first-order chi connectivity index (χ1) is 12.0. The van der Waals surface area contributed by atoms with Gasteiger partial charge >= 0.3 is 11.2 Å². The van der Waals surface area contributed by atoms with E-state index in [1.165, 1.54) is 12.4 Å². The molecule has 2 heterocycles. The standard InChI is InChI=1S/C15H12ClN5O4/c1-2-25-12-6-4-10(16)7-9(12)3-5-11-13(21(23)24)14(22)20-15(19-11)17-8-18-20/h3-8H,2H2,1H3,(H,17,18,19)/b5-3-. The van der Waals surface area contributed by atoms with Crippen LogP contribution in [0.15, 0.2) is 29.3 Å². The predicted octanol–water partition coefficient (Wildman–Crippen LogP) is 2.55. The fourth-order valence-corrected chi connectivity index (χ4v) is 2.44. The molecule has 128 valence electrons. The smallest absolute Gasteiger partial charge is 0.361 e. The van der Waals surface area contributed by atoms with E-state index in [1.807, 2.05) is 6.92 Å². The molecular formula is C15H12ClN5O4. The van der Waals surface area contributed by atoms with Crippen LogP contribution in [0.4, 0.5) is 5.69 Å².